The van der Waals surface area contributed by atoms with Crippen molar-refractivity contribution in [3.05, 3.63) is 10.6 Å². The zero-order chi connectivity index (χ0) is 11.5. The lowest BCUT2D eigenvalue weighted by Crippen LogP contribution is -2.35. The summed E-state index contributed by atoms with van der Waals surface area (Å²) < 4.78 is 0. The van der Waals surface area contributed by atoms with Crippen molar-refractivity contribution in [2.75, 3.05) is 24.6 Å². The number of anilines is 1. The molecule has 2 rings (SSSR count). The van der Waals surface area contributed by atoms with Crippen LogP contribution >= 0.6 is 11.3 Å². The van der Waals surface area contributed by atoms with E-state index in [1.165, 1.54) is 17.7 Å². The van der Waals surface area contributed by atoms with Gasteiger partial charge in [0, 0.05) is 24.6 Å². The summed E-state index contributed by atoms with van der Waals surface area (Å²) >= 11 is 1.79. The second-order valence-corrected chi connectivity index (χ2v) is 5.79. The second-order valence-electron chi connectivity index (χ2n) is 4.60. The van der Waals surface area contributed by atoms with Crippen LogP contribution in [0.25, 0.3) is 0 Å². The highest BCUT2D eigenvalue weighted by Crippen LogP contribution is 2.29. The van der Waals surface area contributed by atoms with E-state index in [9.17, 15) is 0 Å². The lowest BCUT2D eigenvalue weighted by Gasteiger charge is -2.32. The molecule has 1 atom stereocenters. The van der Waals surface area contributed by atoms with Gasteiger partial charge in [0.2, 0.25) is 0 Å². The summed E-state index contributed by atoms with van der Waals surface area (Å²) in [5, 5.41) is 10.2. The summed E-state index contributed by atoms with van der Waals surface area (Å²) in [4.78, 5) is 8.31. The summed E-state index contributed by atoms with van der Waals surface area (Å²) in [6.07, 6.45) is 3.41. The first-order chi connectivity index (χ1) is 7.70. The maximum absolute atomic E-state index is 8.99. The van der Waals surface area contributed by atoms with Crippen LogP contribution in [0.4, 0.5) is 5.13 Å². The van der Waals surface area contributed by atoms with Gasteiger partial charge in [-0.15, -0.1) is 11.3 Å². The van der Waals surface area contributed by atoms with Gasteiger partial charge in [-0.25, -0.2) is 4.98 Å². The molecule has 0 bridgehead atoms. The van der Waals surface area contributed by atoms with Crippen molar-refractivity contribution in [2.45, 2.75) is 33.1 Å². The van der Waals surface area contributed by atoms with Crippen LogP contribution in [0.2, 0.25) is 0 Å². The number of aryl methyl sites for hydroxylation is 2. The molecule has 2 heterocycles. The van der Waals surface area contributed by atoms with Crippen LogP contribution in [0.1, 0.15) is 29.8 Å². The van der Waals surface area contributed by atoms with Crippen LogP contribution in [0.15, 0.2) is 0 Å². The zero-order valence-corrected chi connectivity index (χ0v) is 10.9. The van der Waals surface area contributed by atoms with Crippen LogP contribution in [0.3, 0.4) is 0 Å². The van der Waals surface area contributed by atoms with E-state index in [-0.39, 0.29) is 0 Å². The van der Waals surface area contributed by atoms with E-state index in [0.717, 1.165) is 30.3 Å². The van der Waals surface area contributed by atoms with Gasteiger partial charge in [0.15, 0.2) is 5.13 Å². The molecule has 1 aliphatic rings. The maximum Gasteiger partial charge on any atom is 0.185 e. The molecule has 0 amide bonds. The minimum atomic E-state index is 0.314. The van der Waals surface area contributed by atoms with Gasteiger partial charge in [-0.3, -0.25) is 0 Å². The number of rotatable bonds is 3. The normalized spacial score (nSPS) is 21.4. The Kier molecular flexibility index (Phi) is 3.82. The average Bonchev–Trinajstić information content (AvgIpc) is 2.60. The Morgan fingerprint density at radius 3 is 2.94 bits per heavy atom. The van der Waals surface area contributed by atoms with Crippen molar-refractivity contribution < 1.29 is 5.11 Å². The number of nitrogens with zero attached hydrogens (tertiary/aromatic N) is 2. The minimum absolute atomic E-state index is 0.314. The van der Waals surface area contributed by atoms with Gasteiger partial charge in [-0.1, -0.05) is 0 Å². The number of aromatic nitrogens is 1. The van der Waals surface area contributed by atoms with Gasteiger partial charge in [0.05, 0.1) is 5.69 Å². The summed E-state index contributed by atoms with van der Waals surface area (Å²) in [6, 6.07) is 0. The van der Waals surface area contributed by atoms with Gasteiger partial charge in [0.1, 0.15) is 0 Å². The van der Waals surface area contributed by atoms with Crippen molar-refractivity contribution in [1.29, 1.82) is 0 Å². The Hall–Kier alpha value is -0.610. The van der Waals surface area contributed by atoms with Crippen molar-refractivity contribution in [3.63, 3.8) is 0 Å². The summed E-state index contributed by atoms with van der Waals surface area (Å²) in [5.41, 5.74) is 1.16. The highest BCUT2D eigenvalue weighted by Gasteiger charge is 2.21. The molecule has 1 N–H and O–H groups in total. The molecule has 1 unspecified atom stereocenters. The van der Waals surface area contributed by atoms with Crippen LogP contribution in [0, 0.1) is 19.8 Å². The van der Waals surface area contributed by atoms with E-state index in [4.69, 9.17) is 5.11 Å². The van der Waals surface area contributed by atoms with E-state index in [2.05, 4.69) is 23.7 Å². The van der Waals surface area contributed by atoms with Crippen LogP contribution in [0.5, 0.6) is 0 Å². The Bertz CT molecular complexity index is 329. The molecule has 1 aromatic rings. The number of piperidine rings is 1. The monoisotopic (exact) mass is 240 g/mol. The van der Waals surface area contributed by atoms with Crippen LogP contribution in [-0.2, 0) is 0 Å². The van der Waals surface area contributed by atoms with Crippen LogP contribution < -0.4 is 4.90 Å². The largest absolute Gasteiger partial charge is 0.396 e. The highest BCUT2D eigenvalue weighted by molar-refractivity contribution is 7.15. The van der Waals surface area contributed by atoms with Gasteiger partial charge >= 0.3 is 0 Å². The average molecular weight is 240 g/mol. The first-order valence-electron chi connectivity index (χ1n) is 6.00. The van der Waals surface area contributed by atoms with E-state index >= 15 is 0 Å². The molecule has 1 aliphatic heterocycles. The number of hydrogen-bond donors (Lipinski definition) is 1. The van der Waals surface area contributed by atoms with Gasteiger partial charge < -0.3 is 10.0 Å². The molecule has 1 saturated heterocycles. The predicted molar refractivity (Wildman–Crippen MR) is 68.2 cm³/mol. The minimum Gasteiger partial charge on any atom is -0.396 e. The lowest BCUT2D eigenvalue weighted by atomic mass is 9.95. The number of thiazole rings is 1. The Labute approximate surface area is 101 Å². The summed E-state index contributed by atoms with van der Waals surface area (Å²) in [5.74, 6) is 0.642. The molecular weight excluding hydrogens is 220 g/mol. The lowest BCUT2D eigenvalue weighted by molar-refractivity contribution is 0.244. The van der Waals surface area contributed by atoms with E-state index in [1.54, 1.807) is 11.3 Å². The van der Waals surface area contributed by atoms with E-state index < -0.39 is 0 Å². The van der Waals surface area contributed by atoms with E-state index in [1.807, 2.05) is 0 Å². The maximum atomic E-state index is 8.99. The molecule has 4 heteroatoms. The van der Waals surface area contributed by atoms with Crippen molar-refractivity contribution in [3.8, 4) is 0 Å². The third kappa shape index (κ3) is 2.55. The van der Waals surface area contributed by atoms with Gasteiger partial charge in [-0.2, -0.15) is 0 Å². The van der Waals surface area contributed by atoms with Crippen molar-refractivity contribution in [1.82, 2.24) is 4.98 Å². The Morgan fingerprint density at radius 1 is 1.50 bits per heavy atom. The molecule has 16 heavy (non-hydrogen) atoms. The first-order valence-corrected chi connectivity index (χ1v) is 6.82. The number of aliphatic hydroxyl groups is 1. The third-order valence-electron chi connectivity index (χ3n) is 3.34. The topological polar surface area (TPSA) is 36.4 Å². The van der Waals surface area contributed by atoms with E-state index in [0.29, 0.717) is 12.5 Å². The Morgan fingerprint density at radius 2 is 2.31 bits per heavy atom. The molecular formula is C12H20N2OS. The fraction of sp³-hybridized carbons (Fsp3) is 0.750. The first kappa shape index (κ1) is 11.9. The fourth-order valence-corrected chi connectivity index (χ4v) is 3.19. The van der Waals surface area contributed by atoms with Crippen molar-refractivity contribution >= 4 is 16.5 Å². The molecule has 90 valence electrons. The fourth-order valence-electron chi connectivity index (χ4n) is 2.25. The molecule has 0 saturated carbocycles. The van der Waals surface area contributed by atoms with Crippen molar-refractivity contribution in [2.24, 2.45) is 5.92 Å². The molecule has 1 fully saturated rings. The standard InChI is InChI=1S/C12H20N2OS/c1-9-10(2)16-12(13-9)14-6-3-4-11(8-14)5-7-15/h11,15H,3-8H2,1-2H3. The summed E-state index contributed by atoms with van der Waals surface area (Å²) in [7, 11) is 0. The molecule has 0 spiro atoms. The third-order valence-corrected chi connectivity index (χ3v) is 4.48. The molecule has 0 aliphatic carbocycles. The van der Waals surface area contributed by atoms with Crippen LogP contribution in [-0.4, -0.2) is 29.8 Å². The second kappa shape index (κ2) is 5.15. The van der Waals surface area contributed by atoms with Gasteiger partial charge in [0.25, 0.3) is 0 Å². The summed E-state index contributed by atoms with van der Waals surface area (Å²) in [6.45, 7) is 6.70. The smallest absolute Gasteiger partial charge is 0.185 e. The van der Waals surface area contributed by atoms with Gasteiger partial charge in [-0.05, 0) is 39.0 Å². The Balaban J connectivity index is 2.03. The highest BCUT2D eigenvalue weighted by atomic mass is 32.1. The predicted octanol–water partition coefficient (Wildman–Crippen LogP) is 2.36. The number of hydrogen-bond acceptors (Lipinski definition) is 4. The molecule has 3 nitrogen and oxygen atoms in total. The molecule has 0 aromatic carbocycles. The number of aliphatic hydroxyl groups excluding tert-OH is 1. The SMILES string of the molecule is Cc1nc(N2CCCC(CCO)C2)sc1C. The molecule has 0 radical (unpaired) electrons. The quantitative estimate of drug-likeness (QED) is 0.881. The molecule has 1 aromatic heterocycles. The zero-order valence-electron chi connectivity index (χ0n) is 10.1.